The van der Waals surface area contributed by atoms with Crippen LogP contribution in [-0.2, 0) is 12.6 Å². The number of urea groups is 1. The van der Waals surface area contributed by atoms with Gasteiger partial charge in [-0.2, -0.15) is 5.10 Å². The van der Waals surface area contributed by atoms with Crippen molar-refractivity contribution in [3.05, 3.63) is 78.8 Å². The summed E-state index contributed by atoms with van der Waals surface area (Å²) in [4.78, 5) is 20.6. The molecule has 0 unspecified atom stereocenters. The first-order chi connectivity index (χ1) is 16.2. The molecule has 3 aromatic heterocycles. The van der Waals surface area contributed by atoms with Crippen LogP contribution in [0.3, 0.4) is 0 Å². The van der Waals surface area contributed by atoms with Crippen molar-refractivity contribution in [1.29, 1.82) is 0 Å². The first kappa shape index (κ1) is 22.9. The van der Waals surface area contributed by atoms with Gasteiger partial charge in [0.15, 0.2) is 0 Å². The van der Waals surface area contributed by atoms with Gasteiger partial charge in [-0.3, -0.25) is 14.6 Å². The van der Waals surface area contributed by atoms with E-state index < -0.39 is 17.4 Å². The number of aryl methyl sites for hydroxylation is 1. The van der Waals surface area contributed by atoms with Gasteiger partial charge in [-0.15, -0.1) is 0 Å². The number of benzene rings is 1. The van der Waals surface area contributed by atoms with E-state index in [1.165, 1.54) is 24.5 Å². The molecule has 0 fully saturated rings. The monoisotopic (exact) mass is 462 g/mol. The number of pyridine rings is 2. The first-order valence-corrected chi connectivity index (χ1v) is 10.4. The molecule has 2 amide bonds. The highest BCUT2D eigenvalue weighted by molar-refractivity contribution is 5.99. The van der Waals surface area contributed by atoms with Crippen LogP contribution < -0.4 is 15.4 Å². The summed E-state index contributed by atoms with van der Waals surface area (Å²) in [6.45, 7) is 3.22. The Morgan fingerprint density at radius 3 is 2.59 bits per heavy atom. The maximum absolute atomic E-state index is 14.6. The van der Waals surface area contributed by atoms with Crippen molar-refractivity contribution in [2.75, 3.05) is 10.6 Å². The summed E-state index contributed by atoms with van der Waals surface area (Å²) in [5, 5.41) is 19.2. The Kier molecular flexibility index (Phi) is 6.24. The van der Waals surface area contributed by atoms with Crippen LogP contribution in [0.1, 0.15) is 19.4 Å². The fraction of sp³-hybridized carbons (Fsp3) is 0.167. The predicted octanol–water partition coefficient (Wildman–Crippen LogP) is 4.68. The lowest BCUT2D eigenvalue weighted by Gasteiger charge is -2.18. The number of aromatic nitrogens is 4. The summed E-state index contributed by atoms with van der Waals surface area (Å²) in [5.74, 6) is 0.0670. The molecule has 3 N–H and O–H groups in total. The summed E-state index contributed by atoms with van der Waals surface area (Å²) < 4.78 is 22.1. The number of rotatable bonds is 6. The standard InChI is InChI=1S/C24H23FN6O3/c1-24(2,33)16-8-17(13-26-12-16)29-23(32)30-21-5-4-18(9-20(21)25)34-19-6-7-27-22(10-19)15-11-28-31(3)14-15/h4-14,33H,1-3H3,(H2,29,30,32). The number of carbonyl (C=O) groups excluding carboxylic acids is 1. The summed E-state index contributed by atoms with van der Waals surface area (Å²) in [6, 6.07) is 8.44. The molecule has 3 heterocycles. The molecule has 174 valence electrons. The van der Waals surface area contributed by atoms with Crippen molar-refractivity contribution in [2.24, 2.45) is 7.05 Å². The second-order valence-corrected chi connectivity index (χ2v) is 8.12. The summed E-state index contributed by atoms with van der Waals surface area (Å²) in [5.41, 5.74) is 1.25. The molecular formula is C24H23FN6O3. The minimum atomic E-state index is -1.11. The molecule has 34 heavy (non-hydrogen) atoms. The van der Waals surface area contributed by atoms with Crippen molar-refractivity contribution in [3.8, 4) is 22.8 Å². The number of anilines is 2. The number of carbonyl (C=O) groups is 1. The molecule has 0 aliphatic heterocycles. The highest BCUT2D eigenvalue weighted by Gasteiger charge is 2.17. The quantitative estimate of drug-likeness (QED) is 0.383. The van der Waals surface area contributed by atoms with Gasteiger partial charge in [0.2, 0.25) is 0 Å². The summed E-state index contributed by atoms with van der Waals surface area (Å²) >= 11 is 0. The number of aliphatic hydroxyl groups is 1. The third kappa shape index (κ3) is 5.54. The second kappa shape index (κ2) is 9.28. The van der Waals surface area contributed by atoms with Gasteiger partial charge in [0, 0.05) is 48.9 Å². The number of hydrogen-bond acceptors (Lipinski definition) is 6. The number of halogens is 1. The van der Waals surface area contributed by atoms with Gasteiger partial charge in [0.05, 0.1) is 35.1 Å². The maximum atomic E-state index is 14.6. The lowest BCUT2D eigenvalue weighted by atomic mass is 10.0. The van der Waals surface area contributed by atoms with Crippen LogP contribution in [0.25, 0.3) is 11.3 Å². The van der Waals surface area contributed by atoms with Crippen molar-refractivity contribution in [3.63, 3.8) is 0 Å². The molecule has 0 bridgehead atoms. The van der Waals surface area contributed by atoms with E-state index in [2.05, 4.69) is 25.7 Å². The average Bonchev–Trinajstić information content (AvgIpc) is 3.22. The number of nitrogens with one attached hydrogen (secondary N) is 2. The Morgan fingerprint density at radius 1 is 1.09 bits per heavy atom. The molecule has 1 aromatic carbocycles. The van der Waals surface area contributed by atoms with Crippen LogP contribution in [-0.4, -0.2) is 30.9 Å². The zero-order chi connectivity index (χ0) is 24.3. The molecule has 4 rings (SSSR count). The Hall–Kier alpha value is -4.31. The largest absolute Gasteiger partial charge is 0.457 e. The van der Waals surface area contributed by atoms with E-state index >= 15 is 0 Å². The molecule has 0 aliphatic rings. The smallest absolute Gasteiger partial charge is 0.323 e. The number of amides is 2. The minimum absolute atomic E-state index is 0.0257. The Balaban J connectivity index is 1.42. The van der Waals surface area contributed by atoms with Gasteiger partial charge < -0.3 is 20.5 Å². The second-order valence-electron chi connectivity index (χ2n) is 8.12. The van der Waals surface area contributed by atoms with E-state index in [9.17, 15) is 14.3 Å². The lowest BCUT2D eigenvalue weighted by molar-refractivity contribution is 0.0783. The van der Waals surface area contributed by atoms with Crippen molar-refractivity contribution in [1.82, 2.24) is 19.7 Å². The molecule has 0 saturated heterocycles. The molecule has 0 aliphatic carbocycles. The van der Waals surface area contributed by atoms with E-state index in [0.717, 1.165) is 5.56 Å². The molecule has 0 saturated carbocycles. The van der Waals surface area contributed by atoms with Gasteiger partial charge in [0.1, 0.15) is 17.3 Å². The molecule has 10 heteroatoms. The Morgan fingerprint density at radius 2 is 1.88 bits per heavy atom. The maximum Gasteiger partial charge on any atom is 0.323 e. The van der Waals surface area contributed by atoms with Gasteiger partial charge >= 0.3 is 6.03 Å². The fourth-order valence-electron chi connectivity index (χ4n) is 3.11. The van der Waals surface area contributed by atoms with Gasteiger partial charge in [-0.1, -0.05) is 0 Å². The molecule has 0 atom stereocenters. The fourth-order valence-corrected chi connectivity index (χ4v) is 3.11. The van der Waals surface area contributed by atoms with E-state index in [1.54, 1.807) is 55.2 Å². The molecular weight excluding hydrogens is 439 g/mol. The van der Waals surface area contributed by atoms with Crippen LogP contribution in [0.15, 0.2) is 67.4 Å². The van der Waals surface area contributed by atoms with Crippen molar-refractivity contribution < 1.29 is 19.0 Å². The van der Waals surface area contributed by atoms with Gasteiger partial charge in [-0.05, 0) is 38.1 Å². The van der Waals surface area contributed by atoms with Crippen LogP contribution in [0.2, 0.25) is 0 Å². The highest BCUT2D eigenvalue weighted by atomic mass is 19.1. The van der Waals surface area contributed by atoms with E-state index in [0.29, 0.717) is 22.7 Å². The SMILES string of the molecule is Cn1cc(-c2cc(Oc3ccc(NC(=O)Nc4cncc(C(C)(C)O)c4)c(F)c3)ccn2)cn1. The highest BCUT2D eigenvalue weighted by Crippen LogP contribution is 2.28. The Bertz CT molecular complexity index is 1330. The normalized spacial score (nSPS) is 11.2. The molecule has 0 spiro atoms. The number of ether oxygens (including phenoxy) is 1. The van der Waals surface area contributed by atoms with Crippen LogP contribution in [0, 0.1) is 5.82 Å². The topological polar surface area (TPSA) is 114 Å². The minimum Gasteiger partial charge on any atom is -0.457 e. The van der Waals surface area contributed by atoms with Crippen molar-refractivity contribution >= 4 is 17.4 Å². The third-order valence-electron chi connectivity index (χ3n) is 4.86. The van der Waals surface area contributed by atoms with E-state index in [1.807, 2.05) is 13.2 Å². The zero-order valence-electron chi connectivity index (χ0n) is 18.8. The van der Waals surface area contributed by atoms with Gasteiger partial charge in [0.25, 0.3) is 0 Å². The molecule has 4 aromatic rings. The van der Waals surface area contributed by atoms with Gasteiger partial charge in [-0.25, -0.2) is 9.18 Å². The van der Waals surface area contributed by atoms with Crippen LogP contribution >= 0.6 is 0 Å². The Labute approximate surface area is 195 Å². The van der Waals surface area contributed by atoms with E-state index in [-0.39, 0.29) is 11.4 Å². The predicted molar refractivity (Wildman–Crippen MR) is 125 cm³/mol. The van der Waals surface area contributed by atoms with Crippen LogP contribution in [0.5, 0.6) is 11.5 Å². The third-order valence-corrected chi connectivity index (χ3v) is 4.86. The molecule has 0 radical (unpaired) electrons. The van der Waals surface area contributed by atoms with Crippen LogP contribution in [0.4, 0.5) is 20.6 Å². The summed E-state index contributed by atoms with van der Waals surface area (Å²) in [6.07, 6.45) is 8.04. The molecule has 9 nitrogen and oxygen atoms in total. The number of hydrogen-bond donors (Lipinski definition) is 3. The lowest BCUT2D eigenvalue weighted by Crippen LogP contribution is -2.21. The average molecular weight is 462 g/mol. The van der Waals surface area contributed by atoms with Crippen molar-refractivity contribution in [2.45, 2.75) is 19.4 Å². The summed E-state index contributed by atoms with van der Waals surface area (Å²) in [7, 11) is 1.81. The zero-order valence-corrected chi connectivity index (χ0v) is 18.8. The number of nitrogens with zero attached hydrogens (tertiary/aromatic N) is 4. The van der Waals surface area contributed by atoms with E-state index in [4.69, 9.17) is 4.74 Å². The first-order valence-electron chi connectivity index (χ1n) is 10.4.